The number of likely N-dealkylation sites (tertiary alicyclic amines) is 1. The normalized spacial score (nSPS) is 20.6. The first-order valence-electron chi connectivity index (χ1n) is 9.25. The summed E-state index contributed by atoms with van der Waals surface area (Å²) in [5, 5.41) is -0.439. The fourth-order valence-electron chi connectivity index (χ4n) is 3.94. The van der Waals surface area contributed by atoms with Gasteiger partial charge < -0.3 is 0 Å². The number of hydrogen-bond donors (Lipinski definition) is 0. The Bertz CT molecular complexity index is 973. The van der Waals surface area contributed by atoms with Crippen LogP contribution < -0.4 is 0 Å². The Hall–Kier alpha value is -2.43. The summed E-state index contributed by atoms with van der Waals surface area (Å²) in [7, 11) is -3.40. The second-order valence-electron chi connectivity index (χ2n) is 7.09. The molecule has 3 aromatic carbocycles. The first-order valence-corrected chi connectivity index (χ1v) is 10.8. The molecule has 0 spiro atoms. The van der Waals surface area contributed by atoms with Crippen molar-refractivity contribution in [2.75, 3.05) is 13.1 Å². The zero-order valence-corrected chi connectivity index (χ0v) is 15.9. The average molecular weight is 378 g/mol. The van der Waals surface area contributed by atoms with Crippen LogP contribution in [0.3, 0.4) is 0 Å². The molecule has 0 bridgehead atoms. The van der Waals surface area contributed by atoms with Gasteiger partial charge in [-0.2, -0.15) is 0 Å². The highest BCUT2D eigenvalue weighted by Gasteiger charge is 2.42. The molecule has 2 atom stereocenters. The fraction of sp³-hybridized carbons (Fsp3) is 0.217. The van der Waals surface area contributed by atoms with Crippen LogP contribution in [0.4, 0.5) is 0 Å². The second kappa shape index (κ2) is 7.67. The number of hydrogen-bond acceptors (Lipinski definition) is 3. The van der Waals surface area contributed by atoms with Gasteiger partial charge in [0.15, 0.2) is 9.84 Å². The largest absolute Gasteiger partial charge is 0.297 e. The van der Waals surface area contributed by atoms with E-state index in [0.29, 0.717) is 11.4 Å². The van der Waals surface area contributed by atoms with Crippen LogP contribution in [0.15, 0.2) is 95.9 Å². The van der Waals surface area contributed by atoms with Gasteiger partial charge in [0, 0.05) is 25.6 Å². The quantitative estimate of drug-likeness (QED) is 0.671. The van der Waals surface area contributed by atoms with Gasteiger partial charge in [0.25, 0.3) is 0 Å². The molecular weight excluding hydrogens is 354 g/mol. The molecule has 4 heteroatoms. The molecule has 1 aliphatic rings. The Balaban J connectivity index is 1.66. The van der Waals surface area contributed by atoms with Gasteiger partial charge in [0.05, 0.1) is 10.1 Å². The first-order chi connectivity index (χ1) is 13.1. The predicted octanol–water partition coefficient (Wildman–Crippen LogP) is 4.13. The van der Waals surface area contributed by atoms with E-state index in [9.17, 15) is 8.42 Å². The number of sulfone groups is 1. The van der Waals surface area contributed by atoms with Gasteiger partial charge in [0.2, 0.25) is 0 Å². The summed E-state index contributed by atoms with van der Waals surface area (Å²) in [5.74, 6) is -0.0277. The molecule has 0 saturated carbocycles. The molecule has 0 N–H and O–H groups in total. The third kappa shape index (κ3) is 3.82. The highest BCUT2D eigenvalue weighted by molar-refractivity contribution is 7.92. The van der Waals surface area contributed by atoms with Gasteiger partial charge in [-0.05, 0) is 23.3 Å². The Labute approximate surface area is 161 Å². The highest BCUT2D eigenvalue weighted by Crippen LogP contribution is 2.35. The van der Waals surface area contributed by atoms with Gasteiger partial charge in [-0.1, -0.05) is 78.9 Å². The van der Waals surface area contributed by atoms with Crippen LogP contribution in [0.2, 0.25) is 0 Å². The van der Waals surface area contributed by atoms with Crippen molar-refractivity contribution in [2.45, 2.75) is 22.6 Å². The monoisotopic (exact) mass is 377 g/mol. The third-order valence-electron chi connectivity index (χ3n) is 5.29. The van der Waals surface area contributed by atoms with Gasteiger partial charge in [-0.25, -0.2) is 8.42 Å². The standard InChI is InChI=1S/C23H23NO2S/c25-27(26,21-14-8-3-9-15-21)23-18-24(16-19-10-4-1-5-11-19)17-22(23)20-12-6-2-7-13-20/h1-15,22-23H,16-18H2/t22-,23+/m1/s1. The minimum Gasteiger partial charge on any atom is -0.297 e. The predicted molar refractivity (Wildman–Crippen MR) is 108 cm³/mol. The molecule has 3 nitrogen and oxygen atoms in total. The second-order valence-corrected chi connectivity index (χ2v) is 9.26. The van der Waals surface area contributed by atoms with Gasteiger partial charge in [-0.15, -0.1) is 0 Å². The lowest BCUT2D eigenvalue weighted by Gasteiger charge is -2.19. The van der Waals surface area contributed by atoms with Crippen LogP contribution in [0, 0.1) is 0 Å². The van der Waals surface area contributed by atoms with Crippen LogP contribution in [0.5, 0.6) is 0 Å². The van der Waals surface area contributed by atoms with Crippen LogP contribution in [-0.2, 0) is 16.4 Å². The Morgan fingerprint density at radius 1 is 0.741 bits per heavy atom. The van der Waals surface area contributed by atoms with Gasteiger partial charge >= 0.3 is 0 Å². The summed E-state index contributed by atoms with van der Waals surface area (Å²) in [5.41, 5.74) is 2.31. The molecule has 4 rings (SSSR count). The lowest BCUT2D eigenvalue weighted by Crippen LogP contribution is -2.29. The molecule has 1 aliphatic heterocycles. The summed E-state index contributed by atoms with van der Waals surface area (Å²) in [6.07, 6.45) is 0. The first kappa shape index (κ1) is 18.0. The molecule has 1 fully saturated rings. The molecule has 1 saturated heterocycles. The van der Waals surface area contributed by atoms with Gasteiger partial charge in [0.1, 0.15) is 0 Å². The minimum absolute atomic E-state index is 0.0277. The molecule has 3 aromatic rings. The van der Waals surface area contributed by atoms with Crippen molar-refractivity contribution in [3.8, 4) is 0 Å². The number of nitrogens with zero attached hydrogens (tertiary/aromatic N) is 1. The van der Waals surface area contributed by atoms with Crippen molar-refractivity contribution in [3.05, 3.63) is 102 Å². The van der Waals surface area contributed by atoms with Crippen LogP contribution in [0.1, 0.15) is 17.0 Å². The SMILES string of the molecule is O=S(=O)(c1ccccc1)[C@H]1CN(Cc2ccccc2)C[C@@H]1c1ccccc1. The molecule has 138 valence electrons. The maximum Gasteiger partial charge on any atom is 0.183 e. The Morgan fingerprint density at radius 3 is 1.93 bits per heavy atom. The lowest BCUT2D eigenvalue weighted by atomic mass is 9.98. The van der Waals surface area contributed by atoms with Crippen molar-refractivity contribution < 1.29 is 8.42 Å². The Kier molecular flexibility index (Phi) is 5.10. The van der Waals surface area contributed by atoms with Crippen LogP contribution >= 0.6 is 0 Å². The van der Waals surface area contributed by atoms with Crippen molar-refractivity contribution >= 4 is 9.84 Å². The van der Waals surface area contributed by atoms with E-state index in [2.05, 4.69) is 17.0 Å². The average Bonchev–Trinajstić information content (AvgIpc) is 3.15. The van der Waals surface area contributed by atoms with E-state index in [1.807, 2.05) is 54.6 Å². The van der Waals surface area contributed by atoms with E-state index in [1.165, 1.54) is 5.56 Å². The maximum absolute atomic E-state index is 13.4. The summed E-state index contributed by atoms with van der Waals surface area (Å²) < 4.78 is 26.8. The molecule has 1 heterocycles. The maximum atomic E-state index is 13.4. The Morgan fingerprint density at radius 2 is 1.30 bits per heavy atom. The third-order valence-corrected chi connectivity index (χ3v) is 7.49. The summed E-state index contributed by atoms with van der Waals surface area (Å²) in [6, 6.07) is 29.1. The van der Waals surface area contributed by atoms with Crippen LogP contribution in [-0.4, -0.2) is 31.7 Å². The van der Waals surface area contributed by atoms with E-state index in [1.54, 1.807) is 24.3 Å². The molecule has 0 aromatic heterocycles. The van der Waals surface area contributed by atoms with E-state index < -0.39 is 15.1 Å². The van der Waals surface area contributed by atoms with Crippen LogP contribution in [0.25, 0.3) is 0 Å². The van der Waals surface area contributed by atoms with Crippen molar-refractivity contribution in [2.24, 2.45) is 0 Å². The van der Waals surface area contributed by atoms with E-state index in [4.69, 9.17) is 0 Å². The minimum atomic E-state index is -3.40. The topological polar surface area (TPSA) is 37.4 Å². The van der Waals surface area contributed by atoms with Crippen molar-refractivity contribution in [1.82, 2.24) is 4.90 Å². The summed E-state index contributed by atoms with van der Waals surface area (Å²) in [6.45, 7) is 2.06. The molecule has 0 unspecified atom stereocenters. The zero-order chi connectivity index (χ0) is 18.7. The summed E-state index contributed by atoms with van der Waals surface area (Å²) >= 11 is 0. The summed E-state index contributed by atoms with van der Waals surface area (Å²) in [4.78, 5) is 2.68. The molecule has 27 heavy (non-hydrogen) atoms. The van der Waals surface area contributed by atoms with Crippen molar-refractivity contribution in [3.63, 3.8) is 0 Å². The number of rotatable bonds is 5. The zero-order valence-electron chi connectivity index (χ0n) is 15.1. The number of benzene rings is 3. The fourth-order valence-corrected chi connectivity index (χ4v) is 5.91. The van der Waals surface area contributed by atoms with E-state index in [0.717, 1.165) is 18.7 Å². The molecule has 0 radical (unpaired) electrons. The highest BCUT2D eigenvalue weighted by atomic mass is 32.2. The van der Waals surface area contributed by atoms with E-state index >= 15 is 0 Å². The van der Waals surface area contributed by atoms with Gasteiger partial charge in [-0.3, -0.25) is 4.90 Å². The molecular formula is C23H23NO2S. The lowest BCUT2D eigenvalue weighted by molar-refractivity contribution is 0.327. The van der Waals surface area contributed by atoms with Crippen molar-refractivity contribution in [1.29, 1.82) is 0 Å². The van der Waals surface area contributed by atoms with E-state index in [-0.39, 0.29) is 5.92 Å². The smallest absolute Gasteiger partial charge is 0.183 e. The molecule has 0 aliphatic carbocycles. The molecule has 0 amide bonds.